The highest BCUT2D eigenvalue weighted by Gasteiger charge is 2.23. The average Bonchev–Trinajstić information content (AvgIpc) is 3.24. The Hall–Kier alpha value is -2.43. The minimum atomic E-state index is -4.22. The first-order valence-electron chi connectivity index (χ1n) is 9.89. The topological polar surface area (TPSA) is 74.3 Å². The van der Waals surface area contributed by atoms with E-state index >= 15 is 0 Å². The van der Waals surface area contributed by atoms with Crippen molar-refractivity contribution in [2.45, 2.75) is 31.1 Å². The van der Waals surface area contributed by atoms with Gasteiger partial charge in [-0.1, -0.05) is 31.4 Å². The first kappa shape index (κ1) is 24.2. The summed E-state index contributed by atoms with van der Waals surface area (Å²) in [6.45, 7) is 2.81. The summed E-state index contributed by atoms with van der Waals surface area (Å²) in [6, 6.07) is 6.23. The molecule has 1 aromatic heterocycles. The molecule has 3 aromatic rings. The highest BCUT2D eigenvalue weighted by atomic mass is 35.5. The Labute approximate surface area is 195 Å². The number of halogens is 3. The third-order valence-electron chi connectivity index (χ3n) is 4.72. The molecule has 3 rings (SSSR count). The highest BCUT2D eigenvalue weighted by Crippen LogP contribution is 2.35. The van der Waals surface area contributed by atoms with Gasteiger partial charge in [0.2, 0.25) is 0 Å². The van der Waals surface area contributed by atoms with Crippen LogP contribution in [0.2, 0.25) is 5.02 Å². The van der Waals surface area contributed by atoms with Crippen LogP contribution >= 0.6 is 22.9 Å². The van der Waals surface area contributed by atoms with Crippen molar-refractivity contribution in [3.63, 3.8) is 0 Å². The summed E-state index contributed by atoms with van der Waals surface area (Å²) in [7, 11) is -2.37. The second-order valence-corrected chi connectivity index (χ2v) is 9.93. The Morgan fingerprint density at radius 1 is 1.16 bits per heavy atom. The van der Waals surface area contributed by atoms with E-state index in [9.17, 15) is 17.2 Å². The SMILES string of the molecule is CCCCCN(C)c1cc(F)ccc1Nc1cc(F)c(S(=O)(=O)Nc2cscn2)cc1Cl. The summed E-state index contributed by atoms with van der Waals surface area (Å²) in [5, 5.41) is 4.48. The lowest BCUT2D eigenvalue weighted by Crippen LogP contribution is -2.20. The van der Waals surface area contributed by atoms with Gasteiger partial charge < -0.3 is 10.2 Å². The minimum Gasteiger partial charge on any atom is -0.373 e. The summed E-state index contributed by atoms with van der Waals surface area (Å²) < 4.78 is 56.0. The zero-order valence-electron chi connectivity index (χ0n) is 17.5. The molecule has 0 bridgehead atoms. The molecule has 0 saturated carbocycles. The lowest BCUT2D eigenvalue weighted by Gasteiger charge is -2.23. The van der Waals surface area contributed by atoms with Crippen molar-refractivity contribution in [1.29, 1.82) is 0 Å². The van der Waals surface area contributed by atoms with E-state index in [2.05, 4.69) is 21.9 Å². The van der Waals surface area contributed by atoms with E-state index in [1.165, 1.54) is 40.4 Å². The van der Waals surface area contributed by atoms with Crippen LogP contribution in [0.1, 0.15) is 26.2 Å². The molecule has 0 radical (unpaired) electrons. The fourth-order valence-electron chi connectivity index (χ4n) is 3.08. The molecule has 2 aromatic carbocycles. The quantitative estimate of drug-likeness (QED) is 0.322. The van der Waals surface area contributed by atoms with Gasteiger partial charge in [-0.25, -0.2) is 22.2 Å². The highest BCUT2D eigenvalue weighted by molar-refractivity contribution is 7.92. The lowest BCUT2D eigenvalue weighted by molar-refractivity contribution is 0.570. The van der Waals surface area contributed by atoms with E-state index in [0.717, 1.165) is 31.4 Å². The van der Waals surface area contributed by atoms with Crippen LogP contribution < -0.4 is 14.9 Å². The number of anilines is 4. The molecule has 0 aliphatic heterocycles. The van der Waals surface area contributed by atoms with E-state index in [1.54, 1.807) is 0 Å². The third-order valence-corrected chi connectivity index (χ3v) is 6.99. The maximum atomic E-state index is 14.8. The van der Waals surface area contributed by atoms with E-state index in [4.69, 9.17) is 11.6 Å². The summed E-state index contributed by atoms with van der Waals surface area (Å²) >= 11 is 7.48. The number of thiazole rings is 1. The number of nitrogens with zero attached hydrogens (tertiary/aromatic N) is 2. The van der Waals surface area contributed by atoms with Crippen molar-refractivity contribution in [1.82, 2.24) is 4.98 Å². The Morgan fingerprint density at radius 2 is 1.94 bits per heavy atom. The molecule has 0 atom stereocenters. The molecule has 32 heavy (non-hydrogen) atoms. The molecule has 1 heterocycles. The first-order chi connectivity index (χ1) is 15.2. The number of unbranched alkanes of at least 4 members (excludes halogenated alkanes) is 2. The first-order valence-corrected chi connectivity index (χ1v) is 12.7. The van der Waals surface area contributed by atoms with Gasteiger partial charge in [-0.2, -0.15) is 0 Å². The van der Waals surface area contributed by atoms with Gasteiger partial charge in [0.15, 0.2) is 5.82 Å². The van der Waals surface area contributed by atoms with Crippen LogP contribution in [0, 0.1) is 11.6 Å². The maximum absolute atomic E-state index is 14.8. The molecule has 172 valence electrons. The molecule has 0 aliphatic rings. The summed E-state index contributed by atoms with van der Waals surface area (Å²) in [5.41, 5.74) is 2.71. The minimum absolute atomic E-state index is 0.00559. The van der Waals surface area contributed by atoms with Crippen molar-refractivity contribution in [2.24, 2.45) is 0 Å². The van der Waals surface area contributed by atoms with Crippen LogP contribution in [0.5, 0.6) is 0 Å². The van der Waals surface area contributed by atoms with Gasteiger partial charge in [0.25, 0.3) is 10.0 Å². The monoisotopic (exact) mass is 500 g/mol. The van der Waals surface area contributed by atoms with Crippen LogP contribution in [0.15, 0.2) is 46.1 Å². The summed E-state index contributed by atoms with van der Waals surface area (Å²) in [6.07, 6.45) is 3.05. The van der Waals surface area contributed by atoms with Crippen molar-refractivity contribution < 1.29 is 17.2 Å². The standard InChI is InChI=1S/C21H23ClF2N4O2S2/c1-3-4-5-8-28(2)19-9-14(23)6-7-17(19)26-18-11-16(24)20(10-15(18)22)32(29,30)27-21-12-31-13-25-21/h6-7,9-13,26-27H,3-5,8H2,1-2H3. The molecule has 2 N–H and O–H groups in total. The van der Waals surface area contributed by atoms with Crippen molar-refractivity contribution in [2.75, 3.05) is 28.5 Å². The molecule has 0 fully saturated rings. The Balaban J connectivity index is 1.88. The van der Waals surface area contributed by atoms with E-state index in [-0.39, 0.29) is 16.5 Å². The Bertz CT molecular complexity index is 1170. The predicted molar refractivity (Wildman–Crippen MR) is 127 cm³/mol. The summed E-state index contributed by atoms with van der Waals surface area (Å²) in [5.74, 6) is -1.30. The van der Waals surface area contributed by atoms with Gasteiger partial charge in [-0.05, 0) is 30.7 Å². The van der Waals surface area contributed by atoms with Crippen molar-refractivity contribution >= 4 is 55.8 Å². The van der Waals surface area contributed by atoms with Crippen LogP contribution in [0.3, 0.4) is 0 Å². The number of benzene rings is 2. The van der Waals surface area contributed by atoms with E-state index in [0.29, 0.717) is 17.9 Å². The molecular formula is C21H23ClF2N4O2S2. The molecule has 0 aliphatic carbocycles. The van der Waals surface area contributed by atoms with Crippen LogP contribution in [0.25, 0.3) is 0 Å². The predicted octanol–water partition coefficient (Wildman–Crippen LogP) is 6.25. The molecule has 11 heteroatoms. The second kappa shape index (κ2) is 10.5. The second-order valence-electron chi connectivity index (χ2n) is 7.16. The van der Waals surface area contributed by atoms with Crippen molar-refractivity contribution in [3.8, 4) is 0 Å². The van der Waals surface area contributed by atoms with Gasteiger partial charge in [0, 0.05) is 25.0 Å². The smallest absolute Gasteiger partial charge is 0.266 e. The Morgan fingerprint density at radius 3 is 2.62 bits per heavy atom. The molecule has 0 saturated heterocycles. The zero-order chi connectivity index (χ0) is 23.3. The summed E-state index contributed by atoms with van der Waals surface area (Å²) in [4.78, 5) is 5.14. The lowest BCUT2D eigenvalue weighted by atomic mass is 10.2. The van der Waals surface area contributed by atoms with E-state index in [1.807, 2.05) is 11.9 Å². The van der Waals surface area contributed by atoms with Gasteiger partial charge in [-0.3, -0.25) is 4.72 Å². The zero-order valence-corrected chi connectivity index (χ0v) is 19.9. The number of hydrogen-bond donors (Lipinski definition) is 2. The molecule has 0 spiro atoms. The fourth-order valence-corrected chi connectivity index (χ4v) is 5.00. The average molecular weight is 501 g/mol. The van der Waals surface area contributed by atoms with Crippen LogP contribution in [-0.2, 0) is 10.0 Å². The van der Waals surface area contributed by atoms with Gasteiger partial charge >= 0.3 is 0 Å². The molecule has 0 unspecified atom stereocenters. The van der Waals surface area contributed by atoms with Crippen molar-refractivity contribution in [3.05, 3.63) is 57.9 Å². The maximum Gasteiger partial charge on any atom is 0.266 e. The van der Waals surface area contributed by atoms with Gasteiger partial charge in [0.1, 0.15) is 16.5 Å². The van der Waals surface area contributed by atoms with Gasteiger partial charge in [0.05, 0.1) is 27.6 Å². The third kappa shape index (κ3) is 5.87. The van der Waals surface area contributed by atoms with E-state index < -0.39 is 26.6 Å². The number of rotatable bonds is 10. The number of sulfonamides is 1. The molecule has 0 amide bonds. The van der Waals surface area contributed by atoms with Crippen LogP contribution in [0.4, 0.5) is 31.7 Å². The number of nitrogens with one attached hydrogen (secondary N) is 2. The Kier molecular flexibility index (Phi) is 7.91. The molecule has 6 nitrogen and oxygen atoms in total. The molecular weight excluding hydrogens is 478 g/mol. The van der Waals surface area contributed by atoms with Gasteiger partial charge in [-0.15, -0.1) is 11.3 Å². The fraction of sp³-hybridized carbons (Fsp3) is 0.286. The number of hydrogen-bond acceptors (Lipinski definition) is 6. The largest absolute Gasteiger partial charge is 0.373 e. The normalized spacial score (nSPS) is 11.4. The number of aromatic nitrogens is 1. The van der Waals surface area contributed by atoms with Crippen LogP contribution in [-0.4, -0.2) is 27.0 Å².